The average molecular weight is 195 g/mol. The van der Waals surface area contributed by atoms with E-state index in [9.17, 15) is 9.59 Å². The fraction of sp³-hybridized carbons (Fsp3) is 0.400. The Kier molecular flexibility index (Phi) is 3.06. The summed E-state index contributed by atoms with van der Waals surface area (Å²) in [4.78, 5) is 22.0. The summed E-state index contributed by atoms with van der Waals surface area (Å²) in [5, 5.41) is 8.64. The standard InChI is InChI=1S/C10H13NO3/c1-7(2)5-9(12)11-4-3-8(6-11)10(13)14/h3-4,6-7H,5H2,1-2H3,(H,13,14). The van der Waals surface area contributed by atoms with Crippen LogP contribution in [0.1, 0.15) is 35.4 Å². The first kappa shape index (κ1) is 10.5. The van der Waals surface area contributed by atoms with E-state index in [1.807, 2.05) is 13.8 Å². The molecule has 0 unspecified atom stereocenters. The summed E-state index contributed by atoms with van der Waals surface area (Å²) in [6.45, 7) is 3.89. The number of hydrogen-bond acceptors (Lipinski definition) is 2. The summed E-state index contributed by atoms with van der Waals surface area (Å²) in [6, 6.07) is 1.42. The van der Waals surface area contributed by atoms with Crippen LogP contribution in [-0.2, 0) is 0 Å². The molecule has 0 aromatic carbocycles. The molecular formula is C10H13NO3. The number of aromatic carboxylic acids is 1. The number of carbonyl (C=O) groups excluding carboxylic acids is 1. The van der Waals surface area contributed by atoms with Gasteiger partial charge in [-0.15, -0.1) is 0 Å². The molecule has 0 radical (unpaired) electrons. The number of carbonyl (C=O) groups is 2. The second kappa shape index (κ2) is 4.09. The van der Waals surface area contributed by atoms with Gasteiger partial charge in [-0.2, -0.15) is 0 Å². The van der Waals surface area contributed by atoms with Gasteiger partial charge in [0.1, 0.15) is 0 Å². The first-order chi connectivity index (χ1) is 6.50. The summed E-state index contributed by atoms with van der Waals surface area (Å²) in [7, 11) is 0. The highest BCUT2D eigenvalue weighted by Gasteiger charge is 2.10. The second-order valence-corrected chi connectivity index (χ2v) is 3.60. The van der Waals surface area contributed by atoms with Crippen LogP contribution in [0.3, 0.4) is 0 Å². The van der Waals surface area contributed by atoms with E-state index in [4.69, 9.17) is 5.11 Å². The van der Waals surface area contributed by atoms with E-state index >= 15 is 0 Å². The van der Waals surface area contributed by atoms with Crippen LogP contribution in [0.25, 0.3) is 0 Å². The van der Waals surface area contributed by atoms with E-state index in [-0.39, 0.29) is 17.4 Å². The van der Waals surface area contributed by atoms with Crippen molar-refractivity contribution in [2.45, 2.75) is 20.3 Å². The van der Waals surface area contributed by atoms with Crippen LogP contribution >= 0.6 is 0 Å². The van der Waals surface area contributed by atoms with Crippen molar-refractivity contribution in [3.05, 3.63) is 24.0 Å². The number of carboxylic acid groups (broad SMARTS) is 1. The fourth-order valence-electron chi connectivity index (χ4n) is 1.13. The third kappa shape index (κ3) is 2.45. The maximum atomic E-state index is 11.5. The Bertz CT molecular complexity index is 352. The SMILES string of the molecule is CC(C)CC(=O)n1ccc(C(=O)O)c1. The van der Waals surface area contributed by atoms with Crippen molar-refractivity contribution in [2.75, 3.05) is 0 Å². The number of rotatable bonds is 3. The second-order valence-electron chi connectivity index (χ2n) is 3.60. The molecule has 0 fully saturated rings. The Labute approximate surface area is 82.2 Å². The van der Waals surface area contributed by atoms with Gasteiger partial charge in [0.15, 0.2) is 0 Å². The lowest BCUT2D eigenvalue weighted by Gasteiger charge is -2.03. The summed E-state index contributed by atoms with van der Waals surface area (Å²) in [5.74, 6) is -0.813. The Balaban J connectivity index is 2.76. The minimum Gasteiger partial charge on any atom is -0.478 e. The first-order valence-electron chi connectivity index (χ1n) is 4.45. The summed E-state index contributed by atoms with van der Waals surface area (Å²) >= 11 is 0. The molecule has 1 N–H and O–H groups in total. The van der Waals surface area contributed by atoms with Gasteiger partial charge >= 0.3 is 5.97 Å². The summed E-state index contributed by atoms with van der Waals surface area (Å²) < 4.78 is 1.32. The number of aromatic nitrogens is 1. The van der Waals surface area contributed by atoms with E-state index in [1.54, 1.807) is 0 Å². The molecule has 0 atom stereocenters. The fourth-order valence-corrected chi connectivity index (χ4v) is 1.13. The lowest BCUT2D eigenvalue weighted by molar-refractivity contribution is 0.0697. The molecule has 4 nitrogen and oxygen atoms in total. The van der Waals surface area contributed by atoms with Crippen LogP contribution in [0.15, 0.2) is 18.5 Å². The third-order valence-electron chi connectivity index (χ3n) is 1.81. The van der Waals surface area contributed by atoms with Crippen molar-refractivity contribution in [1.82, 2.24) is 4.57 Å². The Morgan fingerprint density at radius 3 is 2.57 bits per heavy atom. The molecule has 0 bridgehead atoms. The predicted octanol–water partition coefficient (Wildman–Crippen LogP) is 1.87. The van der Waals surface area contributed by atoms with Crippen LogP contribution in [0.2, 0.25) is 0 Å². The normalized spacial score (nSPS) is 10.5. The molecule has 1 rings (SSSR count). The Morgan fingerprint density at radius 1 is 1.50 bits per heavy atom. The van der Waals surface area contributed by atoms with Gasteiger partial charge in [0.25, 0.3) is 0 Å². The van der Waals surface area contributed by atoms with Gasteiger partial charge in [0, 0.05) is 18.8 Å². The summed E-state index contributed by atoms with van der Waals surface area (Å²) in [6.07, 6.45) is 3.24. The van der Waals surface area contributed by atoms with Crippen molar-refractivity contribution in [3.63, 3.8) is 0 Å². The highest BCUT2D eigenvalue weighted by atomic mass is 16.4. The van der Waals surface area contributed by atoms with Crippen molar-refractivity contribution >= 4 is 11.9 Å². The average Bonchev–Trinajstić information content (AvgIpc) is 2.50. The molecule has 0 aliphatic heterocycles. The zero-order chi connectivity index (χ0) is 10.7. The zero-order valence-corrected chi connectivity index (χ0v) is 8.23. The van der Waals surface area contributed by atoms with E-state index in [0.717, 1.165) is 0 Å². The van der Waals surface area contributed by atoms with Crippen LogP contribution in [0.4, 0.5) is 0 Å². The largest absolute Gasteiger partial charge is 0.478 e. The highest BCUT2D eigenvalue weighted by Crippen LogP contribution is 2.06. The Morgan fingerprint density at radius 2 is 2.14 bits per heavy atom. The molecule has 0 aliphatic rings. The maximum absolute atomic E-state index is 11.5. The minimum atomic E-state index is -1.01. The number of hydrogen-bond donors (Lipinski definition) is 1. The first-order valence-corrected chi connectivity index (χ1v) is 4.45. The zero-order valence-electron chi connectivity index (χ0n) is 8.23. The molecule has 1 aromatic rings. The topological polar surface area (TPSA) is 59.3 Å². The molecule has 0 saturated carbocycles. The van der Waals surface area contributed by atoms with E-state index in [2.05, 4.69) is 0 Å². The van der Waals surface area contributed by atoms with Crippen LogP contribution in [0, 0.1) is 5.92 Å². The van der Waals surface area contributed by atoms with E-state index in [1.165, 1.54) is 23.0 Å². The smallest absolute Gasteiger partial charge is 0.337 e. The van der Waals surface area contributed by atoms with Crippen LogP contribution in [-0.4, -0.2) is 21.6 Å². The Hall–Kier alpha value is -1.58. The molecule has 0 saturated heterocycles. The van der Waals surface area contributed by atoms with Crippen molar-refractivity contribution < 1.29 is 14.7 Å². The maximum Gasteiger partial charge on any atom is 0.337 e. The van der Waals surface area contributed by atoms with Crippen molar-refractivity contribution in [1.29, 1.82) is 0 Å². The molecule has 76 valence electrons. The number of nitrogens with zero attached hydrogens (tertiary/aromatic N) is 1. The van der Waals surface area contributed by atoms with Gasteiger partial charge < -0.3 is 5.11 Å². The minimum absolute atomic E-state index is 0.0764. The molecule has 0 aliphatic carbocycles. The molecule has 4 heteroatoms. The van der Waals surface area contributed by atoms with Gasteiger partial charge in [-0.3, -0.25) is 9.36 Å². The van der Waals surface area contributed by atoms with Gasteiger partial charge in [-0.25, -0.2) is 4.79 Å². The summed E-state index contributed by atoms with van der Waals surface area (Å²) in [5.41, 5.74) is 0.141. The number of carboxylic acids is 1. The molecule has 1 heterocycles. The lowest BCUT2D eigenvalue weighted by atomic mass is 10.1. The van der Waals surface area contributed by atoms with Gasteiger partial charge in [-0.05, 0) is 12.0 Å². The molecule has 0 amide bonds. The molecule has 0 spiro atoms. The predicted molar refractivity (Wildman–Crippen MR) is 51.5 cm³/mol. The van der Waals surface area contributed by atoms with Crippen molar-refractivity contribution in [3.8, 4) is 0 Å². The quantitative estimate of drug-likeness (QED) is 0.800. The van der Waals surface area contributed by atoms with E-state index < -0.39 is 5.97 Å². The lowest BCUT2D eigenvalue weighted by Crippen LogP contribution is -2.11. The van der Waals surface area contributed by atoms with Crippen LogP contribution < -0.4 is 0 Å². The van der Waals surface area contributed by atoms with Crippen molar-refractivity contribution in [2.24, 2.45) is 5.92 Å². The monoisotopic (exact) mass is 195 g/mol. The van der Waals surface area contributed by atoms with Gasteiger partial charge in [-0.1, -0.05) is 13.8 Å². The molecular weight excluding hydrogens is 182 g/mol. The molecule has 14 heavy (non-hydrogen) atoms. The van der Waals surface area contributed by atoms with E-state index in [0.29, 0.717) is 6.42 Å². The van der Waals surface area contributed by atoms with Gasteiger partial charge in [0.2, 0.25) is 5.91 Å². The highest BCUT2D eigenvalue weighted by molar-refractivity contribution is 5.89. The van der Waals surface area contributed by atoms with Crippen LogP contribution in [0.5, 0.6) is 0 Å². The molecule has 1 aromatic heterocycles. The van der Waals surface area contributed by atoms with Gasteiger partial charge in [0.05, 0.1) is 5.56 Å². The third-order valence-corrected chi connectivity index (χ3v) is 1.81.